The van der Waals surface area contributed by atoms with Crippen molar-refractivity contribution < 1.29 is 4.79 Å². The largest absolute Gasteiger partial charge is 0.331 e. The van der Waals surface area contributed by atoms with Gasteiger partial charge < -0.3 is 10.2 Å². The molecule has 0 fully saturated rings. The van der Waals surface area contributed by atoms with E-state index in [0.717, 1.165) is 11.3 Å². The number of amides is 2. The molecule has 88 valence electrons. The maximum absolute atomic E-state index is 11.4. The highest BCUT2D eigenvalue weighted by atomic mass is 16.2. The van der Waals surface area contributed by atoms with Crippen molar-refractivity contribution in [3.63, 3.8) is 0 Å². The van der Waals surface area contributed by atoms with Crippen LogP contribution < -0.4 is 5.32 Å². The van der Waals surface area contributed by atoms with Crippen molar-refractivity contribution in [2.45, 2.75) is 0 Å². The summed E-state index contributed by atoms with van der Waals surface area (Å²) in [5.41, 5.74) is 1.66. The first-order valence-corrected chi connectivity index (χ1v) is 5.11. The molecule has 0 atom stereocenters. The van der Waals surface area contributed by atoms with Gasteiger partial charge in [0.15, 0.2) is 5.82 Å². The van der Waals surface area contributed by atoms with Crippen molar-refractivity contribution in [3.05, 3.63) is 30.6 Å². The Bertz CT molecular complexity index is 489. The third kappa shape index (κ3) is 2.60. The van der Waals surface area contributed by atoms with Gasteiger partial charge in [-0.2, -0.15) is 5.10 Å². The first-order valence-electron chi connectivity index (χ1n) is 5.11. The molecule has 2 amide bonds. The van der Waals surface area contributed by atoms with Gasteiger partial charge in [0.05, 0.1) is 0 Å². The summed E-state index contributed by atoms with van der Waals surface area (Å²) >= 11 is 0. The highest BCUT2D eigenvalue weighted by Gasteiger charge is 2.04. The minimum atomic E-state index is -0.155. The monoisotopic (exact) mass is 231 g/mol. The molecule has 0 aliphatic heterocycles. The van der Waals surface area contributed by atoms with Crippen LogP contribution in [0.4, 0.5) is 10.5 Å². The fourth-order valence-electron chi connectivity index (χ4n) is 1.29. The number of rotatable bonds is 2. The lowest BCUT2D eigenvalue weighted by Gasteiger charge is -2.11. The van der Waals surface area contributed by atoms with Crippen LogP contribution in [0, 0.1) is 0 Å². The third-order valence-electron chi connectivity index (χ3n) is 2.23. The van der Waals surface area contributed by atoms with Crippen LogP contribution in [0.25, 0.3) is 11.4 Å². The van der Waals surface area contributed by atoms with Gasteiger partial charge in [-0.15, -0.1) is 0 Å². The summed E-state index contributed by atoms with van der Waals surface area (Å²) in [5, 5.41) is 9.31. The fraction of sp³-hybridized carbons (Fsp3) is 0.182. The van der Waals surface area contributed by atoms with Gasteiger partial charge in [0, 0.05) is 25.3 Å². The number of nitrogens with zero attached hydrogens (tertiary/aromatic N) is 3. The highest BCUT2D eigenvalue weighted by molar-refractivity contribution is 5.89. The zero-order valence-corrected chi connectivity index (χ0v) is 9.64. The normalized spacial score (nSPS) is 10.0. The number of nitrogens with one attached hydrogen (secondary N) is 2. The number of urea groups is 1. The number of benzene rings is 1. The van der Waals surface area contributed by atoms with Gasteiger partial charge in [-0.1, -0.05) is 0 Å². The molecular weight excluding hydrogens is 218 g/mol. The Balaban J connectivity index is 2.11. The number of hydrogen-bond donors (Lipinski definition) is 2. The zero-order valence-electron chi connectivity index (χ0n) is 9.64. The van der Waals surface area contributed by atoms with Gasteiger partial charge in [-0.05, 0) is 24.3 Å². The predicted molar refractivity (Wildman–Crippen MR) is 64.5 cm³/mol. The first kappa shape index (κ1) is 11.1. The number of aromatic amines is 1. The molecule has 6 nitrogen and oxygen atoms in total. The summed E-state index contributed by atoms with van der Waals surface area (Å²) < 4.78 is 0. The quantitative estimate of drug-likeness (QED) is 0.823. The Morgan fingerprint density at radius 1 is 1.29 bits per heavy atom. The van der Waals surface area contributed by atoms with Crippen molar-refractivity contribution >= 4 is 11.7 Å². The average Bonchev–Trinajstić information content (AvgIpc) is 2.83. The summed E-state index contributed by atoms with van der Waals surface area (Å²) in [6.07, 6.45) is 1.46. The Labute approximate surface area is 98.7 Å². The predicted octanol–water partition coefficient (Wildman–Crippen LogP) is 1.57. The maximum Gasteiger partial charge on any atom is 0.321 e. The van der Waals surface area contributed by atoms with E-state index < -0.39 is 0 Å². The molecular formula is C11H13N5O. The van der Waals surface area contributed by atoms with Crippen molar-refractivity contribution in [2.24, 2.45) is 0 Å². The van der Waals surface area contributed by atoms with Crippen molar-refractivity contribution in [3.8, 4) is 11.4 Å². The molecule has 2 rings (SSSR count). The van der Waals surface area contributed by atoms with E-state index in [0.29, 0.717) is 5.82 Å². The molecule has 2 N–H and O–H groups in total. The van der Waals surface area contributed by atoms with Crippen LogP contribution in [0.1, 0.15) is 0 Å². The van der Waals surface area contributed by atoms with Crippen LogP contribution >= 0.6 is 0 Å². The van der Waals surface area contributed by atoms with E-state index in [4.69, 9.17) is 0 Å². The van der Waals surface area contributed by atoms with E-state index in [9.17, 15) is 4.79 Å². The Hall–Kier alpha value is -2.37. The van der Waals surface area contributed by atoms with Crippen LogP contribution in [-0.4, -0.2) is 40.2 Å². The zero-order chi connectivity index (χ0) is 12.3. The van der Waals surface area contributed by atoms with Crippen molar-refractivity contribution in [1.29, 1.82) is 0 Å². The molecule has 0 radical (unpaired) electrons. The van der Waals surface area contributed by atoms with Gasteiger partial charge in [0.1, 0.15) is 6.33 Å². The van der Waals surface area contributed by atoms with E-state index in [1.165, 1.54) is 11.2 Å². The molecule has 0 aliphatic rings. The topological polar surface area (TPSA) is 73.9 Å². The lowest BCUT2D eigenvalue weighted by atomic mass is 10.2. The second-order valence-electron chi connectivity index (χ2n) is 3.74. The van der Waals surface area contributed by atoms with E-state index in [2.05, 4.69) is 20.5 Å². The van der Waals surface area contributed by atoms with E-state index in [1.807, 2.05) is 24.3 Å². The van der Waals surface area contributed by atoms with Crippen molar-refractivity contribution in [1.82, 2.24) is 20.1 Å². The number of aromatic nitrogens is 3. The molecule has 0 saturated heterocycles. The van der Waals surface area contributed by atoms with Crippen LogP contribution in [0.2, 0.25) is 0 Å². The Morgan fingerprint density at radius 2 is 2.00 bits per heavy atom. The molecule has 1 heterocycles. The molecule has 0 unspecified atom stereocenters. The summed E-state index contributed by atoms with van der Waals surface area (Å²) in [6, 6.07) is 7.22. The molecule has 1 aromatic carbocycles. The van der Waals surface area contributed by atoms with Crippen LogP contribution in [0.15, 0.2) is 30.6 Å². The number of carbonyl (C=O) groups excluding carboxylic acids is 1. The van der Waals surface area contributed by atoms with Gasteiger partial charge in [-0.25, -0.2) is 9.78 Å². The number of carbonyl (C=O) groups is 1. The lowest BCUT2D eigenvalue weighted by Crippen LogP contribution is -2.27. The molecule has 2 aromatic rings. The van der Waals surface area contributed by atoms with Gasteiger partial charge >= 0.3 is 6.03 Å². The summed E-state index contributed by atoms with van der Waals surface area (Å²) in [6.45, 7) is 0. The first-order chi connectivity index (χ1) is 8.16. The van der Waals surface area contributed by atoms with E-state index in [1.54, 1.807) is 14.1 Å². The number of H-pyrrole nitrogens is 1. The second kappa shape index (κ2) is 4.65. The lowest BCUT2D eigenvalue weighted by molar-refractivity contribution is 0.230. The third-order valence-corrected chi connectivity index (χ3v) is 2.23. The highest BCUT2D eigenvalue weighted by Crippen LogP contribution is 2.17. The summed E-state index contributed by atoms with van der Waals surface area (Å²) in [7, 11) is 3.39. The van der Waals surface area contributed by atoms with Crippen LogP contribution in [0.3, 0.4) is 0 Å². The Morgan fingerprint density at radius 3 is 2.53 bits per heavy atom. The maximum atomic E-state index is 11.4. The summed E-state index contributed by atoms with van der Waals surface area (Å²) in [4.78, 5) is 16.9. The molecule has 0 aliphatic carbocycles. The minimum Gasteiger partial charge on any atom is -0.331 e. The molecule has 0 spiro atoms. The molecule has 0 bridgehead atoms. The summed E-state index contributed by atoms with van der Waals surface area (Å²) in [5.74, 6) is 0.704. The van der Waals surface area contributed by atoms with Crippen LogP contribution in [0.5, 0.6) is 0 Å². The van der Waals surface area contributed by atoms with Gasteiger partial charge in [0.25, 0.3) is 0 Å². The molecule has 6 heteroatoms. The average molecular weight is 231 g/mol. The molecule has 17 heavy (non-hydrogen) atoms. The minimum absolute atomic E-state index is 0.155. The van der Waals surface area contributed by atoms with Crippen molar-refractivity contribution in [2.75, 3.05) is 19.4 Å². The fourth-order valence-corrected chi connectivity index (χ4v) is 1.29. The molecule has 0 saturated carbocycles. The standard InChI is InChI=1S/C11H13N5O/c1-16(2)11(17)14-9-5-3-8(4-6-9)10-12-7-13-15-10/h3-7H,1-2H3,(H,14,17)(H,12,13,15). The molecule has 1 aromatic heterocycles. The Kier molecular flexibility index (Phi) is 3.04. The second-order valence-corrected chi connectivity index (χ2v) is 3.74. The number of hydrogen-bond acceptors (Lipinski definition) is 3. The van der Waals surface area contributed by atoms with Crippen LogP contribution in [-0.2, 0) is 0 Å². The van der Waals surface area contributed by atoms with E-state index >= 15 is 0 Å². The van der Waals surface area contributed by atoms with Gasteiger partial charge in [-0.3, -0.25) is 5.10 Å². The van der Waals surface area contributed by atoms with Gasteiger partial charge in [0.2, 0.25) is 0 Å². The van der Waals surface area contributed by atoms with E-state index in [-0.39, 0.29) is 6.03 Å². The smallest absolute Gasteiger partial charge is 0.321 e. The SMILES string of the molecule is CN(C)C(=O)Nc1ccc(-c2ncn[nH]2)cc1. The number of anilines is 1.